The van der Waals surface area contributed by atoms with Gasteiger partial charge in [-0.2, -0.15) is 0 Å². The van der Waals surface area contributed by atoms with Crippen molar-refractivity contribution in [3.63, 3.8) is 0 Å². The second kappa shape index (κ2) is 5.67. The molecule has 0 amide bonds. The van der Waals surface area contributed by atoms with Crippen LogP contribution in [0.25, 0.3) is 0 Å². The summed E-state index contributed by atoms with van der Waals surface area (Å²) >= 11 is 0. The fraction of sp³-hybridized carbons (Fsp3) is 0.429. The third kappa shape index (κ3) is 2.70. The second-order valence-electron chi connectivity index (χ2n) is 4.34. The van der Waals surface area contributed by atoms with Crippen molar-refractivity contribution in [3.8, 4) is 0 Å². The van der Waals surface area contributed by atoms with Crippen LogP contribution in [-0.2, 0) is 21.0 Å². The molecule has 0 unspecified atom stereocenters. The van der Waals surface area contributed by atoms with Crippen molar-refractivity contribution in [2.24, 2.45) is 11.1 Å². The van der Waals surface area contributed by atoms with Crippen molar-refractivity contribution in [1.82, 2.24) is 0 Å². The largest absolute Gasteiger partial charge is 0.458 e. The highest BCUT2D eigenvalue weighted by Gasteiger charge is 2.36. The number of ether oxygens (including phenoxy) is 1. The normalized spacial score (nSPS) is 22.2. The summed E-state index contributed by atoms with van der Waals surface area (Å²) in [4.78, 5) is 17.0. The van der Waals surface area contributed by atoms with Gasteiger partial charge in [0.05, 0.1) is 5.71 Å². The van der Waals surface area contributed by atoms with Crippen LogP contribution in [0.5, 0.6) is 0 Å². The number of carbonyl (C=O) groups excluding carboxylic acids is 1. The van der Waals surface area contributed by atoms with Gasteiger partial charge in [-0.1, -0.05) is 49.3 Å². The Morgan fingerprint density at radius 2 is 2.11 bits per heavy atom. The number of hydrogen-bond donors (Lipinski definition) is 0. The maximum Gasteiger partial charge on any atom is 0.351 e. The van der Waals surface area contributed by atoms with E-state index in [4.69, 9.17) is 9.57 Å². The molecule has 96 valence electrons. The molecule has 0 spiro atoms. The Balaban J connectivity index is 1.87. The van der Waals surface area contributed by atoms with E-state index >= 15 is 0 Å². The molecule has 2 rings (SSSR count). The number of benzene rings is 1. The fourth-order valence-electron chi connectivity index (χ4n) is 1.92. The Labute approximate surface area is 107 Å². The van der Waals surface area contributed by atoms with Crippen molar-refractivity contribution in [2.45, 2.75) is 33.0 Å². The average molecular weight is 247 g/mol. The fourth-order valence-corrected chi connectivity index (χ4v) is 1.92. The van der Waals surface area contributed by atoms with Gasteiger partial charge in [-0.25, -0.2) is 4.79 Å². The zero-order valence-corrected chi connectivity index (χ0v) is 10.6. The van der Waals surface area contributed by atoms with Gasteiger partial charge in [0, 0.05) is 5.92 Å². The van der Waals surface area contributed by atoms with E-state index in [1.54, 1.807) is 0 Å². The Morgan fingerprint density at radius 3 is 2.72 bits per heavy atom. The van der Waals surface area contributed by atoms with Crippen LogP contribution in [-0.4, -0.2) is 17.8 Å². The van der Waals surface area contributed by atoms with Crippen LogP contribution in [0.4, 0.5) is 0 Å². The van der Waals surface area contributed by atoms with Crippen LogP contribution in [0.15, 0.2) is 35.5 Å². The highest BCUT2D eigenvalue weighted by Crippen LogP contribution is 2.21. The molecule has 0 bridgehead atoms. The maximum atomic E-state index is 11.9. The number of rotatable bonds is 4. The van der Waals surface area contributed by atoms with E-state index in [1.165, 1.54) is 0 Å². The van der Waals surface area contributed by atoms with Gasteiger partial charge in [-0.05, 0) is 12.0 Å². The predicted molar refractivity (Wildman–Crippen MR) is 68.0 cm³/mol. The highest BCUT2D eigenvalue weighted by atomic mass is 16.7. The van der Waals surface area contributed by atoms with Crippen LogP contribution in [0.3, 0.4) is 0 Å². The van der Waals surface area contributed by atoms with Crippen molar-refractivity contribution in [3.05, 3.63) is 35.9 Å². The van der Waals surface area contributed by atoms with E-state index in [9.17, 15) is 4.79 Å². The molecule has 0 fully saturated rings. The molecule has 1 aliphatic heterocycles. The molecule has 0 aliphatic carbocycles. The third-order valence-electron chi connectivity index (χ3n) is 3.08. The second-order valence-corrected chi connectivity index (χ2v) is 4.34. The molecular formula is C14H17NO3. The topological polar surface area (TPSA) is 47.9 Å². The van der Waals surface area contributed by atoms with Crippen molar-refractivity contribution in [1.29, 1.82) is 0 Å². The number of hydrogen-bond acceptors (Lipinski definition) is 4. The molecule has 1 aromatic carbocycles. The Hall–Kier alpha value is -1.84. The van der Waals surface area contributed by atoms with Gasteiger partial charge in [0.25, 0.3) is 0 Å². The minimum absolute atomic E-state index is 0.00160. The van der Waals surface area contributed by atoms with Crippen LogP contribution in [0.2, 0.25) is 0 Å². The van der Waals surface area contributed by atoms with Gasteiger partial charge in [-0.15, -0.1) is 0 Å². The first-order chi connectivity index (χ1) is 8.72. The van der Waals surface area contributed by atoms with Crippen molar-refractivity contribution >= 4 is 11.7 Å². The molecule has 0 saturated carbocycles. The first kappa shape index (κ1) is 12.6. The summed E-state index contributed by atoms with van der Waals surface area (Å²) in [6, 6.07) is 9.58. The smallest absolute Gasteiger partial charge is 0.351 e. The van der Waals surface area contributed by atoms with Gasteiger partial charge in [0.1, 0.15) is 6.61 Å². The molecule has 1 aliphatic rings. The molecule has 0 N–H and O–H groups in total. The zero-order valence-electron chi connectivity index (χ0n) is 10.6. The Morgan fingerprint density at radius 1 is 1.39 bits per heavy atom. The molecule has 0 aromatic heterocycles. The van der Waals surface area contributed by atoms with E-state index in [0.717, 1.165) is 17.7 Å². The lowest BCUT2D eigenvalue weighted by atomic mass is 9.98. The SMILES string of the molecule is CCC1=NO[C@H](C(=O)OCc2ccccc2)[C@@H]1C. The Bertz CT molecular complexity index is 442. The van der Waals surface area contributed by atoms with Gasteiger partial charge < -0.3 is 9.57 Å². The zero-order chi connectivity index (χ0) is 13.0. The first-order valence-electron chi connectivity index (χ1n) is 6.15. The maximum absolute atomic E-state index is 11.9. The van der Waals surface area contributed by atoms with Crippen molar-refractivity contribution < 1.29 is 14.4 Å². The third-order valence-corrected chi connectivity index (χ3v) is 3.08. The monoisotopic (exact) mass is 247 g/mol. The number of oxime groups is 1. The number of carbonyl (C=O) groups is 1. The summed E-state index contributed by atoms with van der Waals surface area (Å²) in [5, 5.41) is 3.91. The standard InChI is InChI=1S/C14H17NO3/c1-3-12-10(2)13(18-15-12)14(16)17-9-11-7-5-4-6-8-11/h4-8,10,13H,3,9H2,1-2H3/t10-,13+/m1/s1. The summed E-state index contributed by atoms with van der Waals surface area (Å²) in [6.45, 7) is 4.20. The van der Waals surface area contributed by atoms with E-state index in [2.05, 4.69) is 5.16 Å². The summed E-state index contributed by atoms with van der Waals surface area (Å²) in [5.41, 5.74) is 1.88. The first-order valence-corrected chi connectivity index (χ1v) is 6.15. The van der Waals surface area contributed by atoms with E-state index in [0.29, 0.717) is 0 Å². The molecule has 1 aromatic rings. The van der Waals surface area contributed by atoms with E-state index < -0.39 is 6.10 Å². The molecule has 0 saturated heterocycles. The molecular weight excluding hydrogens is 230 g/mol. The molecule has 4 nitrogen and oxygen atoms in total. The summed E-state index contributed by atoms with van der Waals surface area (Å²) in [7, 11) is 0. The molecule has 1 heterocycles. The Kier molecular flexibility index (Phi) is 3.97. The molecule has 2 atom stereocenters. The quantitative estimate of drug-likeness (QED) is 0.768. The molecule has 18 heavy (non-hydrogen) atoms. The summed E-state index contributed by atoms with van der Waals surface area (Å²) < 4.78 is 5.24. The van der Waals surface area contributed by atoms with Gasteiger partial charge >= 0.3 is 5.97 Å². The molecule has 0 radical (unpaired) electrons. The van der Waals surface area contributed by atoms with Crippen molar-refractivity contribution in [2.75, 3.05) is 0 Å². The van der Waals surface area contributed by atoms with Gasteiger partial charge in [-0.3, -0.25) is 0 Å². The van der Waals surface area contributed by atoms with E-state index in [-0.39, 0.29) is 18.5 Å². The predicted octanol–water partition coefficient (Wildman–Crippen LogP) is 2.53. The van der Waals surface area contributed by atoms with Gasteiger partial charge in [0.2, 0.25) is 6.10 Å². The molecule has 4 heteroatoms. The highest BCUT2D eigenvalue weighted by molar-refractivity contribution is 5.92. The van der Waals surface area contributed by atoms with Crippen LogP contribution in [0.1, 0.15) is 25.8 Å². The lowest BCUT2D eigenvalue weighted by Crippen LogP contribution is -2.30. The lowest BCUT2D eigenvalue weighted by molar-refractivity contribution is -0.158. The van der Waals surface area contributed by atoms with Crippen LogP contribution >= 0.6 is 0 Å². The van der Waals surface area contributed by atoms with Crippen LogP contribution < -0.4 is 0 Å². The lowest BCUT2D eigenvalue weighted by Gasteiger charge is -2.13. The van der Waals surface area contributed by atoms with E-state index in [1.807, 2.05) is 44.2 Å². The number of nitrogens with zero attached hydrogens (tertiary/aromatic N) is 1. The summed E-state index contributed by atoms with van der Waals surface area (Å²) in [6.07, 6.45) is 0.201. The average Bonchev–Trinajstić information content (AvgIpc) is 2.78. The summed E-state index contributed by atoms with van der Waals surface area (Å²) in [5.74, 6) is -0.350. The van der Waals surface area contributed by atoms with Crippen LogP contribution in [0, 0.1) is 5.92 Å². The minimum atomic E-state index is -0.594. The van der Waals surface area contributed by atoms with Gasteiger partial charge in [0.15, 0.2) is 0 Å². The minimum Gasteiger partial charge on any atom is -0.458 e. The number of esters is 1.